The molecule has 1 aromatic heterocycles. The van der Waals surface area contributed by atoms with Crippen LogP contribution in [0.5, 0.6) is 0 Å². The third kappa shape index (κ3) is 3.89. The molecule has 0 spiro atoms. The SMILES string of the molecule is CNc1ncc([N+](=O)[O-])cc1C(=O)NCC(C)N(C)C. The molecule has 0 saturated carbocycles. The van der Waals surface area contributed by atoms with Gasteiger partial charge in [-0.25, -0.2) is 4.98 Å². The van der Waals surface area contributed by atoms with Crippen molar-refractivity contribution < 1.29 is 9.72 Å². The number of hydrogen-bond donors (Lipinski definition) is 2. The number of carbonyl (C=O) groups is 1. The lowest BCUT2D eigenvalue weighted by atomic mass is 10.2. The van der Waals surface area contributed by atoms with E-state index in [1.165, 1.54) is 6.07 Å². The summed E-state index contributed by atoms with van der Waals surface area (Å²) in [5.41, 5.74) is -0.0533. The molecule has 0 saturated heterocycles. The van der Waals surface area contributed by atoms with E-state index in [0.717, 1.165) is 6.20 Å². The highest BCUT2D eigenvalue weighted by Gasteiger charge is 2.18. The first-order chi connectivity index (χ1) is 9.36. The number of amides is 1. The highest BCUT2D eigenvalue weighted by Crippen LogP contribution is 2.18. The average Bonchev–Trinajstić information content (AvgIpc) is 2.43. The molecule has 20 heavy (non-hydrogen) atoms. The van der Waals surface area contributed by atoms with Crippen molar-refractivity contribution in [1.29, 1.82) is 0 Å². The smallest absolute Gasteiger partial charge is 0.288 e. The van der Waals surface area contributed by atoms with Crippen LogP contribution in [0.4, 0.5) is 11.5 Å². The van der Waals surface area contributed by atoms with Crippen LogP contribution < -0.4 is 10.6 Å². The van der Waals surface area contributed by atoms with Gasteiger partial charge in [-0.1, -0.05) is 0 Å². The molecule has 8 nitrogen and oxygen atoms in total. The molecule has 0 fully saturated rings. The number of nitro groups is 1. The number of aromatic nitrogens is 1. The van der Waals surface area contributed by atoms with Crippen LogP contribution in [-0.4, -0.2) is 54.4 Å². The monoisotopic (exact) mass is 281 g/mol. The molecule has 1 heterocycles. The predicted octanol–water partition coefficient (Wildman–Crippen LogP) is 0.711. The zero-order valence-electron chi connectivity index (χ0n) is 12.0. The summed E-state index contributed by atoms with van der Waals surface area (Å²) in [6.07, 6.45) is 1.12. The van der Waals surface area contributed by atoms with E-state index in [2.05, 4.69) is 15.6 Å². The molecule has 1 aromatic rings. The van der Waals surface area contributed by atoms with Gasteiger partial charge in [-0.05, 0) is 21.0 Å². The molecule has 1 unspecified atom stereocenters. The Balaban J connectivity index is 2.90. The van der Waals surface area contributed by atoms with Gasteiger partial charge in [0.2, 0.25) is 0 Å². The van der Waals surface area contributed by atoms with E-state index in [-0.39, 0.29) is 23.2 Å². The number of rotatable bonds is 6. The van der Waals surface area contributed by atoms with Crippen LogP contribution in [0.15, 0.2) is 12.3 Å². The highest BCUT2D eigenvalue weighted by atomic mass is 16.6. The predicted molar refractivity (Wildman–Crippen MR) is 75.9 cm³/mol. The minimum Gasteiger partial charge on any atom is -0.372 e. The zero-order valence-corrected chi connectivity index (χ0v) is 12.0. The fourth-order valence-electron chi connectivity index (χ4n) is 1.44. The summed E-state index contributed by atoms with van der Waals surface area (Å²) in [6, 6.07) is 1.37. The number of carbonyl (C=O) groups excluding carboxylic acids is 1. The lowest BCUT2D eigenvalue weighted by Gasteiger charge is -2.20. The molecular weight excluding hydrogens is 262 g/mol. The Morgan fingerprint density at radius 3 is 2.70 bits per heavy atom. The van der Waals surface area contributed by atoms with E-state index >= 15 is 0 Å². The van der Waals surface area contributed by atoms with Crippen LogP contribution in [0.3, 0.4) is 0 Å². The minimum atomic E-state index is -0.578. The summed E-state index contributed by atoms with van der Waals surface area (Å²) >= 11 is 0. The molecule has 1 amide bonds. The summed E-state index contributed by atoms with van der Waals surface area (Å²) in [5, 5.41) is 16.2. The number of anilines is 1. The van der Waals surface area contributed by atoms with Crippen molar-refractivity contribution in [2.45, 2.75) is 13.0 Å². The van der Waals surface area contributed by atoms with Crippen LogP contribution in [0, 0.1) is 10.1 Å². The maximum atomic E-state index is 12.1. The Kier molecular flexibility index (Phi) is 5.39. The van der Waals surface area contributed by atoms with Gasteiger partial charge in [-0.3, -0.25) is 14.9 Å². The molecule has 0 bridgehead atoms. The van der Waals surface area contributed by atoms with Gasteiger partial charge in [0.25, 0.3) is 11.6 Å². The van der Waals surface area contributed by atoms with E-state index in [1.807, 2.05) is 25.9 Å². The molecule has 2 N–H and O–H groups in total. The first-order valence-corrected chi connectivity index (χ1v) is 6.13. The van der Waals surface area contributed by atoms with E-state index in [0.29, 0.717) is 12.4 Å². The Morgan fingerprint density at radius 2 is 2.20 bits per heavy atom. The second-order valence-electron chi connectivity index (χ2n) is 4.62. The van der Waals surface area contributed by atoms with Crippen molar-refractivity contribution in [2.24, 2.45) is 0 Å². The largest absolute Gasteiger partial charge is 0.372 e. The molecule has 8 heteroatoms. The standard InChI is InChI=1S/C12H19N5O3/c1-8(16(3)4)6-15-12(18)10-5-9(17(19)20)7-14-11(10)13-2/h5,7-8H,6H2,1-4H3,(H,13,14)(H,15,18). The van der Waals surface area contributed by atoms with Crippen molar-refractivity contribution in [1.82, 2.24) is 15.2 Å². The van der Waals surface area contributed by atoms with E-state index < -0.39 is 4.92 Å². The minimum absolute atomic E-state index is 0.156. The first-order valence-electron chi connectivity index (χ1n) is 6.13. The van der Waals surface area contributed by atoms with E-state index in [4.69, 9.17) is 0 Å². The van der Waals surface area contributed by atoms with Gasteiger partial charge in [0.05, 0.1) is 10.5 Å². The van der Waals surface area contributed by atoms with Gasteiger partial charge < -0.3 is 15.5 Å². The van der Waals surface area contributed by atoms with Crippen LogP contribution in [0.1, 0.15) is 17.3 Å². The van der Waals surface area contributed by atoms with E-state index in [1.54, 1.807) is 7.05 Å². The summed E-state index contributed by atoms with van der Waals surface area (Å²) in [6.45, 7) is 2.41. The highest BCUT2D eigenvalue weighted by molar-refractivity contribution is 5.99. The second kappa shape index (κ2) is 6.80. The Bertz CT molecular complexity index is 504. The molecule has 0 radical (unpaired) electrons. The molecule has 1 rings (SSSR count). The lowest BCUT2D eigenvalue weighted by Crippen LogP contribution is -2.38. The molecular formula is C12H19N5O3. The number of likely N-dealkylation sites (N-methyl/N-ethyl adjacent to an activating group) is 1. The van der Waals surface area contributed by atoms with Gasteiger partial charge in [0.1, 0.15) is 12.0 Å². The van der Waals surface area contributed by atoms with Crippen molar-refractivity contribution in [2.75, 3.05) is 33.0 Å². The topological polar surface area (TPSA) is 100 Å². The maximum Gasteiger partial charge on any atom is 0.288 e. The van der Waals surface area contributed by atoms with Gasteiger partial charge in [-0.2, -0.15) is 0 Å². The second-order valence-corrected chi connectivity index (χ2v) is 4.62. The maximum absolute atomic E-state index is 12.1. The van der Waals surface area contributed by atoms with Gasteiger partial charge in [0.15, 0.2) is 0 Å². The summed E-state index contributed by atoms with van der Waals surface area (Å²) in [4.78, 5) is 28.1. The summed E-state index contributed by atoms with van der Waals surface area (Å²) < 4.78 is 0. The number of nitrogens with one attached hydrogen (secondary N) is 2. The number of pyridine rings is 1. The third-order valence-corrected chi connectivity index (χ3v) is 3.01. The third-order valence-electron chi connectivity index (χ3n) is 3.01. The van der Waals surface area contributed by atoms with Crippen LogP contribution in [0.25, 0.3) is 0 Å². The van der Waals surface area contributed by atoms with Crippen molar-refractivity contribution in [3.63, 3.8) is 0 Å². The molecule has 0 aliphatic heterocycles. The van der Waals surface area contributed by atoms with Gasteiger partial charge in [0, 0.05) is 25.7 Å². The van der Waals surface area contributed by atoms with E-state index in [9.17, 15) is 14.9 Å². The number of nitrogens with zero attached hydrogens (tertiary/aromatic N) is 3. The number of hydrogen-bond acceptors (Lipinski definition) is 6. The fourth-order valence-corrected chi connectivity index (χ4v) is 1.44. The van der Waals surface area contributed by atoms with Crippen molar-refractivity contribution >= 4 is 17.4 Å². The molecule has 0 aliphatic carbocycles. The summed E-state index contributed by atoms with van der Waals surface area (Å²) in [5.74, 6) is -0.0788. The van der Waals surface area contributed by atoms with Crippen LogP contribution >= 0.6 is 0 Å². The van der Waals surface area contributed by atoms with Crippen molar-refractivity contribution in [3.8, 4) is 0 Å². The molecule has 110 valence electrons. The molecule has 1 atom stereocenters. The Hall–Kier alpha value is -2.22. The lowest BCUT2D eigenvalue weighted by molar-refractivity contribution is -0.385. The Morgan fingerprint density at radius 1 is 1.55 bits per heavy atom. The first kappa shape index (κ1) is 15.8. The zero-order chi connectivity index (χ0) is 15.3. The van der Waals surface area contributed by atoms with Crippen LogP contribution in [-0.2, 0) is 0 Å². The summed E-state index contributed by atoms with van der Waals surface area (Å²) in [7, 11) is 5.42. The normalized spacial score (nSPS) is 12.1. The fraction of sp³-hybridized carbons (Fsp3) is 0.500. The average molecular weight is 281 g/mol. The van der Waals surface area contributed by atoms with Crippen LogP contribution in [0.2, 0.25) is 0 Å². The van der Waals surface area contributed by atoms with Crippen molar-refractivity contribution in [3.05, 3.63) is 27.9 Å². The Labute approximate surface area is 117 Å². The van der Waals surface area contributed by atoms with Gasteiger partial charge >= 0.3 is 0 Å². The van der Waals surface area contributed by atoms with Gasteiger partial charge in [-0.15, -0.1) is 0 Å². The quantitative estimate of drug-likeness (QED) is 0.588. The molecule has 0 aliphatic rings. The molecule has 0 aromatic carbocycles.